The first-order chi connectivity index (χ1) is 21.9. The summed E-state index contributed by atoms with van der Waals surface area (Å²) in [6.45, 7) is 6.14. The average molecular weight is 614 g/mol. The van der Waals surface area contributed by atoms with Crippen molar-refractivity contribution >= 4 is 29.2 Å². The van der Waals surface area contributed by atoms with Crippen molar-refractivity contribution in [2.45, 2.75) is 63.3 Å². The van der Waals surface area contributed by atoms with Crippen molar-refractivity contribution < 1.29 is 29.0 Å². The summed E-state index contributed by atoms with van der Waals surface area (Å²) in [6.07, 6.45) is 9.61. The number of amides is 2. The molecule has 4 aliphatic heterocycles. The van der Waals surface area contributed by atoms with Crippen molar-refractivity contribution in [2.24, 2.45) is 11.8 Å². The highest BCUT2D eigenvalue weighted by atomic mass is 16.6. The molecule has 4 heterocycles. The molecule has 1 N–H and O–H groups in total. The second kappa shape index (κ2) is 13.2. The fourth-order valence-electron chi connectivity index (χ4n) is 7.55. The van der Waals surface area contributed by atoms with Gasteiger partial charge in [-0.3, -0.25) is 14.4 Å². The van der Waals surface area contributed by atoms with Gasteiger partial charge < -0.3 is 29.3 Å². The number of aliphatic hydroxyl groups excluding tert-OH is 1. The number of carbonyl (C=O) groups is 3. The lowest BCUT2D eigenvalue weighted by molar-refractivity contribution is -0.155. The van der Waals surface area contributed by atoms with Crippen molar-refractivity contribution in [2.75, 3.05) is 42.6 Å². The van der Waals surface area contributed by atoms with E-state index in [1.807, 2.05) is 78.9 Å². The number of ether oxygens (including phenoxy) is 2. The first kappa shape index (κ1) is 31.0. The number of likely N-dealkylation sites (tertiary alicyclic amines) is 1. The van der Waals surface area contributed by atoms with Gasteiger partial charge in [-0.1, -0.05) is 54.6 Å². The van der Waals surface area contributed by atoms with E-state index in [0.717, 1.165) is 43.6 Å². The van der Waals surface area contributed by atoms with Crippen molar-refractivity contribution in [3.8, 4) is 0 Å². The van der Waals surface area contributed by atoms with Gasteiger partial charge in [0.1, 0.15) is 17.6 Å². The Balaban J connectivity index is 1.43. The van der Waals surface area contributed by atoms with Gasteiger partial charge in [0.2, 0.25) is 5.91 Å². The van der Waals surface area contributed by atoms with Crippen LogP contribution in [-0.2, 0) is 30.3 Å². The average Bonchev–Trinajstić information content (AvgIpc) is 3.45. The number of hydrogen-bond acceptors (Lipinski definition) is 7. The zero-order valence-corrected chi connectivity index (χ0v) is 26.1. The van der Waals surface area contributed by atoms with E-state index >= 15 is 0 Å². The molecule has 0 saturated carbocycles. The van der Waals surface area contributed by atoms with E-state index in [4.69, 9.17) is 9.47 Å². The molecule has 45 heavy (non-hydrogen) atoms. The summed E-state index contributed by atoms with van der Waals surface area (Å²) >= 11 is 0. The van der Waals surface area contributed by atoms with E-state index in [0.29, 0.717) is 12.1 Å². The molecule has 0 bridgehead atoms. The molecule has 9 nitrogen and oxygen atoms in total. The quantitative estimate of drug-likeness (QED) is 0.356. The minimum Gasteiger partial charge on any atom is -0.465 e. The Hall–Kier alpha value is -3.95. The summed E-state index contributed by atoms with van der Waals surface area (Å²) in [5, 5.41) is 10.7. The van der Waals surface area contributed by atoms with Gasteiger partial charge in [-0.05, 0) is 69.4 Å². The zero-order chi connectivity index (χ0) is 31.6. The molecule has 2 fully saturated rings. The molecule has 2 aromatic carbocycles. The standard InChI is InChI=1S/C36H43N3O6/c1-3-37(4-2)26-16-18-27(19-17-26)38-21-12-20-36-31(30-29(45-36)15-10-5-6-11-22-44-35(30)43)33(41)39(32(36)34(38)42)28(24-40)23-25-13-8-7-9-14-25/h7-10,12-20,28-32,40H,3-6,11,21-24H2,1-2H3/b15-10-/t28-,29+,30-,31+,32?,36+/m1/s1. The lowest BCUT2D eigenvalue weighted by Gasteiger charge is -2.38. The van der Waals surface area contributed by atoms with Crippen LogP contribution >= 0.6 is 0 Å². The summed E-state index contributed by atoms with van der Waals surface area (Å²) in [6, 6.07) is 15.7. The number of allylic oxidation sites excluding steroid dienone is 1. The van der Waals surface area contributed by atoms with Crippen LogP contribution in [0.1, 0.15) is 38.7 Å². The Morgan fingerprint density at radius 2 is 1.73 bits per heavy atom. The summed E-state index contributed by atoms with van der Waals surface area (Å²) in [5.74, 6) is -3.05. The molecule has 1 unspecified atom stereocenters. The van der Waals surface area contributed by atoms with Crippen molar-refractivity contribution in [3.63, 3.8) is 0 Å². The number of esters is 1. The Bertz CT molecular complexity index is 1440. The molecule has 0 aromatic heterocycles. The summed E-state index contributed by atoms with van der Waals surface area (Å²) in [7, 11) is 0. The van der Waals surface area contributed by atoms with E-state index in [1.165, 1.54) is 4.90 Å². The Kier molecular flexibility index (Phi) is 9.10. The van der Waals surface area contributed by atoms with E-state index in [9.17, 15) is 19.5 Å². The third kappa shape index (κ3) is 5.57. The Morgan fingerprint density at radius 3 is 2.44 bits per heavy atom. The molecular weight excluding hydrogens is 570 g/mol. The number of carbonyl (C=O) groups excluding carboxylic acids is 3. The fraction of sp³-hybridized carbons (Fsp3) is 0.472. The maximum atomic E-state index is 14.8. The predicted octanol–water partition coefficient (Wildman–Crippen LogP) is 3.90. The van der Waals surface area contributed by atoms with Crippen LogP contribution in [0.5, 0.6) is 0 Å². The number of benzene rings is 2. The van der Waals surface area contributed by atoms with Gasteiger partial charge in [0.15, 0.2) is 0 Å². The fourth-order valence-corrected chi connectivity index (χ4v) is 7.55. The minimum absolute atomic E-state index is 0.274. The summed E-state index contributed by atoms with van der Waals surface area (Å²) in [4.78, 5) is 48.6. The number of fused-ring (bicyclic) bond motifs is 2. The van der Waals surface area contributed by atoms with E-state index < -0.39 is 41.6 Å². The minimum atomic E-state index is -1.40. The van der Waals surface area contributed by atoms with Crippen LogP contribution < -0.4 is 9.80 Å². The second-order valence-electron chi connectivity index (χ2n) is 12.2. The molecule has 2 aromatic rings. The number of aliphatic hydroxyl groups is 1. The van der Waals surface area contributed by atoms with Gasteiger partial charge in [0.05, 0.1) is 31.3 Å². The monoisotopic (exact) mass is 613 g/mol. The van der Waals surface area contributed by atoms with Crippen LogP contribution in [0, 0.1) is 11.8 Å². The molecule has 6 rings (SSSR count). The predicted molar refractivity (Wildman–Crippen MR) is 172 cm³/mol. The molecule has 0 aliphatic carbocycles. The molecule has 9 heteroatoms. The number of anilines is 2. The lowest BCUT2D eigenvalue weighted by Crippen LogP contribution is -2.58. The molecular formula is C36H43N3O6. The topological polar surface area (TPSA) is 99.6 Å². The van der Waals surface area contributed by atoms with Crippen molar-refractivity contribution in [3.05, 3.63) is 84.5 Å². The van der Waals surface area contributed by atoms with Crippen molar-refractivity contribution in [1.82, 2.24) is 4.90 Å². The van der Waals surface area contributed by atoms with Gasteiger partial charge in [0.25, 0.3) is 5.91 Å². The number of cyclic esters (lactones) is 1. The van der Waals surface area contributed by atoms with Crippen molar-refractivity contribution in [1.29, 1.82) is 0 Å². The molecule has 6 atom stereocenters. The highest BCUT2D eigenvalue weighted by Gasteiger charge is 2.72. The first-order valence-electron chi connectivity index (χ1n) is 16.3. The van der Waals surface area contributed by atoms with Crippen LogP contribution in [0.3, 0.4) is 0 Å². The SMILES string of the molecule is CCN(CC)c1ccc(N2CC=C[C@]34O[C@H]5/C=C\CCCCOC(=O)[C@H]5[C@H]3C(=O)N([C@@H](CO)Cc3ccccc3)C4C2=O)cc1. The molecule has 1 spiro atoms. The van der Waals surface area contributed by atoms with Gasteiger partial charge in [-0.25, -0.2) is 0 Å². The highest BCUT2D eigenvalue weighted by Crippen LogP contribution is 2.54. The van der Waals surface area contributed by atoms with E-state index in [2.05, 4.69) is 18.7 Å². The van der Waals surface area contributed by atoms with Gasteiger partial charge >= 0.3 is 5.97 Å². The second-order valence-corrected chi connectivity index (χ2v) is 12.2. The van der Waals surface area contributed by atoms with Crippen LogP contribution in [0.15, 0.2) is 78.9 Å². The first-order valence-corrected chi connectivity index (χ1v) is 16.3. The molecule has 238 valence electrons. The summed E-state index contributed by atoms with van der Waals surface area (Å²) in [5.41, 5.74) is 1.29. The zero-order valence-electron chi connectivity index (χ0n) is 26.1. The third-order valence-electron chi connectivity index (χ3n) is 9.75. The summed E-state index contributed by atoms with van der Waals surface area (Å²) < 4.78 is 12.5. The van der Waals surface area contributed by atoms with Gasteiger partial charge in [-0.15, -0.1) is 0 Å². The Morgan fingerprint density at radius 1 is 0.978 bits per heavy atom. The normalized spacial score (nSPS) is 29.4. The van der Waals surface area contributed by atoms with Crippen LogP contribution in [-0.4, -0.2) is 84.4 Å². The van der Waals surface area contributed by atoms with E-state index in [-0.39, 0.29) is 31.6 Å². The van der Waals surface area contributed by atoms with Gasteiger partial charge in [0, 0.05) is 31.0 Å². The van der Waals surface area contributed by atoms with Gasteiger partial charge in [-0.2, -0.15) is 0 Å². The Labute approximate surface area is 265 Å². The van der Waals surface area contributed by atoms with Crippen LogP contribution in [0.2, 0.25) is 0 Å². The lowest BCUT2D eigenvalue weighted by atomic mass is 9.78. The number of hydrogen-bond donors (Lipinski definition) is 1. The third-order valence-corrected chi connectivity index (χ3v) is 9.75. The van der Waals surface area contributed by atoms with Crippen LogP contribution in [0.25, 0.3) is 0 Å². The smallest absolute Gasteiger partial charge is 0.312 e. The molecule has 2 saturated heterocycles. The highest BCUT2D eigenvalue weighted by molar-refractivity contribution is 6.05. The maximum absolute atomic E-state index is 14.8. The largest absolute Gasteiger partial charge is 0.465 e. The number of rotatable bonds is 8. The molecule has 2 amide bonds. The number of nitrogens with zero attached hydrogens (tertiary/aromatic N) is 3. The van der Waals surface area contributed by atoms with Crippen LogP contribution in [0.4, 0.5) is 11.4 Å². The van der Waals surface area contributed by atoms with E-state index in [1.54, 1.807) is 4.90 Å². The molecule has 4 aliphatic rings. The maximum Gasteiger partial charge on any atom is 0.312 e. The molecule has 0 radical (unpaired) electrons.